The molecule has 0 heterocycles. The molecule has 0 aliphatic heterocycles. The minimum atomic E-state index is -4.59. The second-order valence-corrected chi connectivity index (χ2v) is 4.47. The van der Waals surface area contributed by atoms with Crippen LogP contribution in [0.3, 0.4) is 0 Å². The van der Waals surface area contributed by atoms with Crippen LogP contribution in [0, 0.1) is 5.41 Å². The van der Waals surface area contributed by atoms with Crippen LogP contribution in [0.5, 0.6) is 5.75 Å². The predicted octanol–water partition coefficient (Wildman–Crippen LogP) is 3.04. The highest BCUT2D eigenvalue weighted by atomic mass is 19.4. The quantitative estimate of drug-likeness (QED) is 0.518. The number of halogens is 3. The number of hydroxylamine groups is 2. The molecule has 2 aromatic rings. The van der Waals surface area contributed by atoms with Crippen molar-refractivity contribution in [2.75, 3.05) is 0 Å². The Bertz CT molecular complexity index is 717. The first-order valence-electron chi connectivity index (χ1n) is 6.38. The fourth-order valence-corrected chi connectivity index (χ4v) is 1.73. The third kappa shape index (κ3) is 4.00. The second kappa shape index (κ2) is 6.39. The molecule has 0 saturated heterocycles. The van der Waals surface area contributed by atoms with Crippen molar-refractivity contribution in [3.63, 3.8) is 0 Å². The number of nitrogens with one attached hydrogen (secondary N) is 1. The molecule has 0 aromatic heterocycles. The average molecular weight is 323 g/mol. The van der Waals surface area contributed by atoms with Gasteiger partial charge in [0.1, 0.15) is 0 Å². The van der Waals surface area contributed by atoms with Crippen LogP contribution in [0.25, 0.3) is 0 Å². The van der Waals surface area contributed by atoms with Crippen LogP contribution in [0.2, 0.25) is 0 Å². The summed E-state index contributed by atoms with van der Waals surface area (Å²) in [6.07, 6.45) is -4.59. The minimum Gasteiger partial charge on any atom is -0.369 e. The molecule has 3 N–H and O–H groups in total. The normalized spacial score (nSPS) is 10.9. The smallest absolute Gasteiger partial charge is 0.369 e. The molecule has 0 saturated carbocycles. The van der Waals surface area contributed by atoms with Gasteiger partial charge in [0.2, 0.25) is 5.96 Å². The lowest BCUT2D eigenvalue weighted by Gasteiger charge is -2.20. The lowest BCUT2D eigenvalue weighted by Crippen LogP contribution is -2.43. The van der Waals surface area contributed by atoms with Crippen LogP contribution in [0.15, 0.2) is 54.6 Å². The lowest BCUT2D eigenvalue weighted by molar-refractivity contribution is -0.137. The number of alkyl halides is 3. The number of benzene rings is 2. The highest BCUT2D eigenvalue weighted by Crippen LogP contribution is 2.29. The average Bonchev–Trinajstić information content (AvgIpc) is 2.52. The molecule has 0 spiro atoms. The Morgan fingerprint density at radius 1 is 1.09 bits per heavy atom. The van der Waals surface area contributed by atoms with Crippen LogP contribution in [-0.4, -0.2) is 16.9 Å². The fraction of sp³-hybridized carbons (Fsp3) is 0.0667. The largest absolute Gasteiger partial charge is 0.416 e. The van der Waals surface area contributed by atoms with Crippen LogP contribution in [-0.2, 0) is 6.18 Å². The van der Waals surface area contributed by atoms with Gasteiger partial charge in [-0.15, -0.1) is 5.06 Å². The molecular weight excluding hydrogens is 311 g/mol. The van der Waals surface area contributed by atoms with Crippen molar-refractivity contribution in [1.29, 1.82) is 5.41 Å². The molecular formula is C15H12F3N3O2. The summed E-state index contributed by atoms with van der Waals surface area (Å²) >= 11 is 0. The molecule has 8 heteroatoms. The third-order valence-electron chi connectivity index (χ3n) is 2.78. The monoisotopic (exact) mass is 323 g/mol. The van der Waals surface area contributed by atoms with E-state index < -0.39 is 23.6 Å². The molecule has 23 heavy (non-hydrogen) atoms. The van der Waals surface area contributed by atoms with Crippen molar-refractivity contribution in [2.24, 2.45) is 5.73 Å². The first-order chi connectivity index (χ1) is 10.8. The first-order valence-corrected chi connectivity index (χ1v) is 6.38. The van der Waals surface area contributed by atoms with E-state index in [1.54, 1.807) is 18.2 Å². The molecule has 5 nitrogen and oxygen atoms in total. The molecule has 0 unspecified atom stereocenters. The Morgan fingerprint density at radius 2 is 1.74 bits per heavy atom. The molecule has 1 amide bonds. The summed E-state index contributed by atoms with van der Waals surface area (Å²) in [4.78, 5) is 17.5. The topological polar surface area (TPSA) is 79.4 Å². The summed E-state index contributed by atoms with van der Waals surface area (Å²) in [7, 11) is 0. The van der Waals surface area contributed by atoms with E-state index in [0.717, 1.165) is 12.1 Å². The van der Waals surface area contributed by atoms with E-state index in [1.165, 1.54) is 18.2 Å². The van der Waals surface area contributed by atoms with Crippen molar-refractivity contribution < 1.29 is 22.8 Å². The SMILES string of the molecule is N=C(N)N(Oc1ccccc1)C(=O)c1cccc(C(F)(F)F)c1. The first kappa shape index (κ1) is 16.3. The van der Waals surface area contributed by atoms with Gasteiger partial charge in [-0.05, 0) is 30.3 Å². The Labute approximate surface area is 129 Å². The molecule has 2 rings (SSSR count). The number of guanidine groups is 1. The van der Waals surface area contributed by atoms with E-state index in [2.05, 4.69) is 0 Å². The fourth-order valence-electron chi connectivity index (χ4n) is 1.73. The van der Waals surface area contributed by atoms with E-state index in [4.69, 9.17) is 16.0 Å². The predicted molar refractivity (Wildman–Crippen MR) is 76.6 cm³/mol. The van der Waals surface area contributed by atoms with Gasteiger partial charge in [-0.3, -0.25) is 10.2 Å². The van der Waals surface area contributed by atoms with Gasteiger partial charge in [-0.25, -0.2) is 0 Å². The zero-order valence-electron chi connectivity index (χ0n) is 11.7. The number of carbonyl (C=O) groups is 1. The Morgan fingerprint density at radius 3 is 2.30 bits per heavy atom. The van der Waals surface area contributed by atoms with Crippen molar-refractivity contribution in [3.05, 3.63) is 65.7 Å². The van der Waals surface area contributed by atoms with E-state index in [-0.39, 0.29) is 11.3 Å². The van der Waals surface area contributed by atoms with Gasteiger partial charge in [0.25, 0.3) is 5.91 Å². The van der Waals surface area contributed by atoms with Gasteiger partial charge in [-0.2, -0.15) is 13.2 Å². The molecule has 0 fully saturated rings. The van der Waals surface area contributed by atoms with E-state index >= 15 is 0 Å². The van der Waals surface area contributed by atoms with E-state index in [9.17, 15) is 18.0 Å². The maximum atomic E-state index is 12.7. The van der Waals surface area contributed by atoms with Gasteiger partial charge in [0.15, 0.2) is 5.75 Å². The standard InChI is InChI=1S/C15H12F3N3O2/c16-15(17,18)11-6-4-5-10(9-11)13(22)21(14(19)20)23-12-7-2-1-3-8-12/h1-9H,(H3,19,20). The third-order valence-corrected chi connectivity index (χ3v) is 2.78. The molecule has 0 atom stereocenters. The highest BCUT2D eigenvalue weighted by Gasteiger charge is 2.32. The zero-order valence-corrected chi connectivity index (χ0v) is 11.7. The maximum Gasteiger partial charge on any atom is 0.416 e. The molecule has 0 radical (unpaired) electrons. The maximum absolute atomic E-state index is 12.7. The summed E-state index contributed by atoms with van der Waals surface area (Å²) < 4.78 is 38.1. The number of nitrogens with two attached hydrogens (primary N) is 1. The van der Waals surface area contributed by atoms with E-state index in [0.29, 0.717) is 11.1 Å². The lowest BCUT2D eigenvalue weighted by atomic mass is 10.1. The number of rotatable bonds is 3. The number of amides is 1. The number of hydrogen-bond acceptors (Lipinski definition) is 3. The summed E-state index contributed by atoms with van der Waals surface area (Å²) in [6, 6.07) is 11.8. The Hall–Kier alpha value is -3.03. The van der Waals surface area contributed by atoms with Gasteiger partial charge in [0.05, 0.1) is 5.56 Å². The molecule has 120 valence electrons. The number of hydrogen-bond donors (Lipinski definition) is 2. The Kier molecular flexibility index (Phi) is 4.54. The Balaban J connectivity index is 2.30. The van der Waals surface area contributed by atoms with Crippen LogP contribution < -0.4 is 10.6 Å². The minimum absolute atomic E-state index is 0.211. The summed E-state index contributed by atoms with van der Waals surface area (Å²) in [6.45, 7) is 0. The van der Waals surface area contributed by atoms with Crippen molar-refractivity contribution >= 4 is 11.9 Å². The van der Waals surface area contributed by atoms with Gasteiger partial charge in [-0.1, -0.05) is 24.3 Å². The van der Waals surface area contributed by atoms with Gasteiger partial charge in [0, 0.05) is 5.56 Å². The molecule has 0 bridgehead atoms. The van der Waals surface area contributed by atoms with E-state index in [1.807, 2.05) is 0 Å². The molecule has 0 aliphatic carbocycles. The van der Waals surface area contributed by atoms with Crippen molar-refractivity contribution in [2.45, 2.75) is 6.18 Å². The number of carbonyl (C=O) groups excluding carboxylic acids is 1. The summed E-state index contributed by atoms with van der Waals surface area (Å²) in [5, 5.41) is 7.81. The number of nitrogens with zero attached hydrogens (tertiary/aromatic N) is 1. The summed E-state index contributed by atoms with van der Waals surface area (Å²) in [5.74, 6) is -1.52. The highest BCUT2D eigenvalue weighted by molar-refractivity contribution is 6.03. The summed E-state index contributed by atoms with van der Waals surface area (Å²) in [5.41, 5.74) is 4.01. The van der Waals surface area contributed by atoms with Gasteiger partial charge >= 0.3 is 6.18 Å². The van der Waals surface area contributed by atoms with Crippen LogP contribution in [0.1, 0.15) is 15.9 Å². The number of para-hydroxylation sites is 1. The van der Waals surface area contributed by atoms with Gasteiger partial charge < -0.3 is 10.6 Å². The second-order valence-electron chi connectivity index (χ2n) is 4.47. The van der Waals surface area contributed by atoms with Crippen molar-refractivity contribution in [1.82, 2.24) is 5.06 Å². The molecule has 2 aromatic carbocycles. The molecule has 0 aliphatic rings. The van der Waals surface area contributed by atoms with Crippen LogP contribution >= 0.6 is 0 Å². The van der Waals surface area contributed by atoms with Crippen molar-refractivity contribution in [3.8, 4) is 5.75 Å². The van der Waals surface area contributed by atoms with Crippen LogP contribution in [0.4, 0.5) is 13.2 Å². The zero-order chi connectivity index (χ0) is 17.0.